The molecular weight excluding hydrogens is 294 g/mol. The zero-order valence-electron chi connectivity index (χ0n) is 12.4. The summed E-state index contributed by atoms with van der Waals surface area (Å²) in [4.78, 5) is 27.9. The largest absolute Gasteiger partial charge is 0.342 e. The zero-order chi connectivity index (χ0) is 15.4. The van der Waals surface area contributed by atoms with E-state index < -0.39 is 0 Å². The maximum Gasteiger partial charge on any atom is 0.227 e. The molecule has 1 fully saturated rings. The van der Waals surface area contributed by atoms with Crippen molar-refractivity contribution in [1.82, 2.24) is 4.90 Å². The Morgan fingerprint density at radius 2 is 1.95 bits per heavy atom. The molecule has 1 aliphatic heterocycles. The van der Waals surface area contributed by atoms with E-state index in [9.17, 15) is 9.59 Å². The molecule has 3 rings (SSSR count). The van der Waals surface area contributed by atoms with Crippen molar-refractivity contribution in [2.75, 3.05) is 13.1 Å². The first-order chi connectivity index (χ1) is 10.7. The first-order valence-corrected chi connectivity index (χ1v) is 8.51. The van der Waals surface area contributed by atoms with Gasteiger partial charge in [-0.05, 0) is 24.3 Å². The molecule has 22 heavy (non-hydrogen) atoms. The molecule has 1 aromatic carbocycles. The summed E-state index contributed by atoms with van der Waals surface area (Å²) in [5.74, 6) is 0.227. The minimum atomic E-state index is -0.0663. The second-order valence-corrected chi connectivity index (χ2v) is 6.70. The molecule has 0 unspecified atom stereocenters. The van der Waals surface area contributed by atoms with E-state index in [1.807, 2.05) is 52.7 Å². The molecule has 0 bridgehead atoms. The van der Waals surface area contributed by atoms with Crippen molar-refractivity contribution in [3.05, 3.63) is 58.3 Å². The first-order valence-electron chi connectivity index (χ1n) is 7.63. The van der Waals surface area contributed by atoms with Crippen molar-refractivity contribution < 1.29 is 9.59 Å². The van der Waals surface area contributed by atoms with E-state index in [0.29, 0.717) is 13.0 Å². The standard InChI is InChI=1S/C18H19NO2S/c20-17(12-16-9-5-11-22-16)19-10-4-8-15(13-19)18(21)14-6-2-1-3-7-14/h1-3,5-7,9,11,15H,4,8,10,12-13H2/t15-/m0/s1. The molecule has 1 atom stereocenters. The van der Waals surface area contributed by atoms with Gasteiger partial charge in [0.25, 0.3) is 0 Å². The lowest BCUT2D eigenvalue weighted by Gasteiger charge is -2.32. The Labute approximate surface area is 134 Å². The van der Waals surface area contributed by atoms with Crippen LogP contribution in [0.3, 0.4) is 0 Å². The van der Waals surface area contributed by atoms with Gasteiger partial charge in [0.2, 0.25) is 5.91 Å². The average molecular weight is 313 g/mol. The number of hydrogen-bond acceptors (Lipinski definition) is 3. The van der Waals surface area contributed by atoms with Crippen LogP contribution >= 0.6 is 11.3 Å². The molecule has 2 heterocycles. The van der Waals surface area contributed by atoms with Gasteiger partial charge < -0.3 is 4.90 Å². The SMILES string of the molecule is O=C(c1ccccc1)[C@H]1CCCN(C(=O)Cc2cccs2)C1. The Morgan fingerprint density at radius 3 is 2.68 bits per heavy atom. The van der Waals surface area contributed by atoms with E-state index in [1.165, 1.54) is 0 Å². The van der Waals surface area contributed by atoms with Crippen LogP contribution in [0.2, 0.25) is 0 Å². The van der Waals surface area contributed by atoms with Crippen LogP contribution in [0.1, 0.15) is 28.1 Å². The Bertz CT molecular complexity index is 636. The number of rotatable bonds is 4. The summed E-state index contributed by atoms with van der Waals surface area (Å²) < 4.78 is 0. The maximum absolute atomic E-state index is 12.5. The summed E-state index contributed by atoms with van der Waals surface area (Å²) in [6.07, 6.45) is 2.22. The molecule has 3 nitrogen and oxygen atoms in total. The lowest BCUT2D eigenvalue weighted by Crippen LogP contribution is -2.43. The van der Waals surface area contributed by atoms with Gasteiger partial charge in [-0.3, -0.25) is 9.59 Å². The van der Waals surface area contributed by atoms with Crippen molar-refractivity contribution in [3.63, 3.8) is 0 Å². The van der Waals surface area contributed by atoms with Crippen molar-refractivity contribution in [3.8, 4) is 0 Å². The lowest BCUT2D eigenvalue weighted by atomic mass is 9.90. The van der Waals surface area contributed by atoms with Gasteiger partial charge in [-0.1, -0.05) is 36.4 Å². The molecule has 1 aromatic heterocycles. The zero-order valence-corrected chi connectivity index (χ0v) is 13.2. The molecular formula is C18H19NO2S. The molecule has 4 heteroatoms. The van der Waals surface area contributed by atoms with Gasteiger partial charge in [-0.15, -0.1) is 11.3 Å². The quantitative estimate of drug-likeness (QED) is 0.811. The third-order valence-corrected chi connectivity index (χ3v) is 4.99. The van der Waals surface area contributed by atoms with Crippen molar-refractivity contribution >= 4 is 23.0 Å². The molecule has 0 radical (unpaired) electrons. The van der Waals surface area contributed by atoms with Gasteiger partial charge in [0, 0.05) is 29.4 Å². The molecule has 0 saturated carbocycles. The van der Waals surface area contributed by atoms with Gasteiger partial charge >= 0.3 is 0 Å². The van der Waals surface area contributed by atoms with E-state index in [2.05, 4.69) is 0 Å². The predicted molar refractivity (Wildman–Crippen MR) is 88.1 cm³/mol. The molecule has 0 spiro atoms. The highest BCUT2D eigenvalue weighted by Crippen LogP contribution is 2.22. The van der Waals surface area contributed by atoms with Gasteiger partial charge in [-0.25, -0.2) is 0 Å². The molecule has 1 amide bonds. The summed E-state index contributed by atoms with van der Waals surface area (Å²) in [6.45, 7) is 1.32. The minimum Gasteiger partial charge on any atom is -0.342 e. The normalized spacial score (nSPS) is 18.2. The maximum atomic E-state index is 12.5. The van der Waals surface area contributed by atoms with Crippen molar-refractivity contribution in [1.29, 1.82) is 0 Å². The first kappa shape index (κ1) is 15.0. The number of Topliss-reactive ketones (excluding diaryl/α,β-unsaturated/α-hetero) is 1. The second kappa shape index (κ2) is 6.88. The number of piperidine rings is 1. The highest BCUT2D eigenvalue weighted by Gasteiger charge is 2.28. The monoisotopic (exact) mass is 313 g/mol. The van der Waals surface area contributed by atoms with Gasteiger partial charge in [0.05, 0.1) is 6.42 Å². The second-order valence-electron chi connectivity index (χ2n) is 5.67. The number of amides is 1. The Hall–Kier alpha value is -1.94. The Balaban J connectivity index is 1.64. The third kappa shape index (κ3) is 3.45. The van der Waals surface area contributed by atoms with E-state index in [1.54, 1.807) is 11.3 Å². The van der Waals surface area contributed by atoms with Crippen molar-refractivity contribution in [2.24, 2.45) is 5.92 Å². The van der Waals surface area contributed by atoms with E-state index in [-0.39, 0.29) is 17.6 Å². The fourth-order valence-electron chi connectivity index (χ4n) is 2.93. The van der Waals surface area contributed by atoms with E-state index >= 15 is 0 Å². The van der Waals surface area contributed by atoms with Crippen LogP contribution in [0.4, 0.5) is 0 Å². The van der Waals surface area contributed by atoms with Crippen LogP contribution in [0.5, 0.6) is 0 Å². The van der Waals surface area contributed by atoms with Gasteiger partial charge in [0.15, 0.2) is 5.78 Å². The van der Waals surface area contributed by atoms with Crippen LogP contribution in [-0.4, -0.2) is 29.7 Å². The summed E-state index contributed by atoms with van der Waals surface area (Å²) in [7, 11) is 0. The van der Waals surface area contributed by atoms with Crippen LogP contribution in [0.25, 0.3) is 0 Å². The molecule has 0 N–H and O–H groups in total. The van der Waals surface area contributed by atoms with E-state index in [4.69, 9.17) is 0 Å². The molecule has 114 valence electrons. The molecule has 1 aliphatic rings. The number of nitrogens with zero attached hydrogens (tertiary/aromatic N) is 1. The van der Waals surface area contributed by atoms with Crippen LogP contribution in [0.15, 0.2) is 47.8 Å². The van der Waals surface area contributed by atoms with Crippen LogP contribution in [0, 0.1) is 5.92 Å². The summed E-state index contributed by atoms with van der Waals surface area (Å²) in [5, 5.41) is 1.99. The summed E-state index contributed by atoms with van der Waals surface area (Å²) in [6, 6.07) is 13.3. The smallest absolute Gasteiger partial charge is 0.227 e. The Morgan fingerprint density at radius 1 is 1.14 bits per heavy atom. The minimum absolute atomic E-state index is 0.0663. The third-order valence-electron chi connectivity index (χ3n) is 4.11. The van der Waals surface area contributed by atoms with Crippen LogP contribution in [-0.2, 0) is 11.2 Å². The topological polar surface area (TPSA) is 37.4 Å². The summed E-state index contributed by atoms with van der Waals surface area (Å²) >= 11 is 1.60. The summed E-state index contributed by atoms with van der Waals surface area (Å²) in [5.41, 5.74) is 0.750. The highest BCUT2D eigenvalue weighted by molar-refractivity contribution is 7.10. The number of likely N-dealkylation sites (tertiary alicyclic amines) is 1. The van der Waals surface area contributed by atoms with Gasteiger partial charge in [0.1, 0.15) is 0 Å². The number of benzene rings is 1. The molecule has 1 saturated heterocycles. The van der Waals surface area contributed by atoms with Crippen molar-refractivity contribution in [2.45, 2.75) is 19.3 Å². The number of carbonyl (C=O) groups excluding carboxylic acids is 2. The fraction of sp³-hybridized carbons (Fsp3) is 0.333. The average Bonchev–Trinajstić information content (AvgIpc) is 3.08. The molecule has 2 aromatic rings. The number of thiophene rings is 1. The highest BCUT2D eigenvalue weighted by atomic mass is 32.1. The number of carbonyl (C=O) groups is 2. The van der Waals surface area contributed by atoms with Gasteiger partial charge in [-0.2, -0.15) is 0 Å². The predicted octanol–water partition coefficient (Wildman–Crippen LogP) is 3.41. The lowest BCUT2D eigenvalue weighted by molar-refractivity contribution is -0.131. The number of ketones is 1. The van der Waals surface area contributed by atoms with Crippen LogP contribution < -0.4 is 0 Å². The van der Waals surface area contributed by atoms with E-state index in [0.717, 1.165) is 29.8 Å². The molecule has 0 aliphatic carbocycles. The Kier molecular flexibility index (Phi) is 4.68. The fourth-order valence-corrected chi connectivity index (χ4v) is 3.63. The number of hydrogen-bond donors (Lipinski definition) is 0.